The number of anilines is 1. The van der Waals surface area contributed by atoms with E-state index in [0.717, 1.165) is 0 Å². The van der Waals surface area contributed by atoms with E-state index < -0.39 is 30.5 Å². The number of hydrogen-bond acceptors (Lipinski definition) is 6. The number of carbonyl (C=O) groups excluding carboxylic acids is 3. The number of nitrogens with one attached hydrogen (secondary N) is 1. The van der Waals surface area contributed by atoms with Gasteiger partial charge in [-0.3, -0.25) is 4.79 Å². The molecule has 0 saturated carbocycles. The van der Waals surface area contributed by atoms with E-state index >= 15 is 0 Å². The van der Waals surface area contributed by atoms with E-state index in [4.69, 9.17) is 10.5 Å². The minimum absolute atomic E-state index is 0.113. The van der Waals surface area contributed by atoms with Crippen molar-refractivity contribution < 1.29 is 23.9 Å². The zero-order chi connectivity index (χ0) is 18.3. The van der Waals surface area contributed by atoms with Gasteiger partial charge in [-0.1, -0.05) is 36.2 Å². The fraction of sp³-hybridized carbons (Fsp3) is 0.438. The molecule has 2 atom stereocenters. The van der Waals surface area contributed by atoms with E-state index in [0.29, 0.717) is 10.9 Å². The second kappa shape index (κ2) is 9.27. The molecule has 1 amide bonds. The Hall–Kier alpha value is -2.09. The van der Waals surface area contributed by atoms with Crippen molar-refractivity contribution in [3.63, 3.8) is 0 Å². The number of amides is 1. The maximum Gasteiger partial charge on any atom is 0.340 e. The Labute approximate surface area is 149 Å². The first-order valence-corrected chi connectivity index (χ1v) is 8.18. The summed E-state index contributed by atoms with van der Waals surface area (Å²) in [6, 6.07) is 3.96. The molecule has 0 aromatic heterocycles. The summed E-state index contributed by atoms with van der Waals surface area (Å²) >= 11 is 3.23. The van der Waals surface area contributed by atoms with Crippen LogP contribution >= 0.6 is 15.9 Å². The summed E-state index contributed by atoms with van der Waals surface area (Å²) in [5.74, 6) is -1.96. The highest BCUT2D eigenvalue weighted by molar-refractivity contribution is 9.10. The van der Waals surface area contributed by atoms with Crippen LogP contribution in [0.3, 0.4) is 0 Å². The Morgan fingerprint density at radius 2 is 2.00 bits per heavy atom. The molecule has 0 unspecified atom stereocenters. The molecule has 0 fully saturated rings. The van der Waals surface area contributed by atoms with Crippen molar-refractivity contribution in [3.8, 4) is 0 Å². The average Bonchev–Trinajstić information content (AvgIpc) is 2.58. The first-order valence-electron chi connectivity index (χ1n) is 7.39. The van der Waals surface area contributed by atoms with Gasteiger partial charge in [0.1, 0.15) is 6.04 Å². The van der Waals surface area contributed by atoms with Crippen LogP contribution in [0.2, 0.25) is 0 Å². The number of benzene rings is 1. The Balaban J connectivity index is 2.66. The van der Waals surface area contributed by atoms with Crippen LogP contribution in [0, 0.1) is 5.92 Å². The quantitative estimate of drug-likeness (QED) is 0.534. The number of nitrogens with two attached hydrogens (primary N) is 1. The fourth-order valence-electron chi connectivity index (χ4n) is 1.93. The minimum Gasteiger partial charge on any atom is -0.467 e. The number of rotatable bonds is 7. The molecule has 0 radical (unpaired) electrons. The lowest BCUT2D eigenvalue weighted by Gasteiger charge is -2.21. The van der Waals surface area contributed by atoms with Gasteiger partial charge in [0.15, 0.2) is 6.61 Å². The van der Waals surface area contributed by atoms with Gasteiger partial charge >= 0.3 is 11.9 Å². The van der Waals surface area contributed by atoms with Crippen molar-refractivity contribution in [3.05, 3.63) is 28.2 Å². The van der Waals surface area contributed by atoms with Gasteiger partial charge in [-0.2, -0.15) is 0 Å². The van der Waals surface area contributed by atoms with Gasteiger partial charge in [-0.05, 0) is 24.1 Å². The largest absolute Gasteiger partial charge is 0.467 e. The Morgan fingerprint density at radius 1 is 1.33 bits per heavy atom. The van der Waals surface area contributed by atoms with Crippen molar-refractivity contribution in [1.29, 1.82) is 0 Å². The van der Waals surface area contributed by atoms with Gasteiger partial charge < -0.3 is 20.5 Å². The molecule has 1 aromatic rings. The molecule has 0 spiro atoms. The number of methoxy groups -OCH3 is 1. The van der Waals surface area contributed by atoms with Gasteiger partial charge in [0.05, 0.1) is 12.7 Å². The molecule has 0 saturated heterocycles. The third-order valence-corrected chi connectivity index (χ3v) is 4.05. The van der Waals surface area contributed by atoms with Gasteiger partial charge in [0.25, 0.3) is 5.91 Å². The third kappa shape index (κ3) is 5.52. The van der Waals surface area contributed by atoms with Crippen molar-refractivity contribution in [2.75, 3.05) is 19.5 Å². The van der Waals surface area contributed by atoms with Crippen LogP contribution in [0.4, 0.5) is 5.69 Å². The fourth-order valence-corrected chi connectivity index (χ4v) is 2.29. The van der Waals surface area contributed by atoms with Crippen LogP contribution in [0.25, 0.3) is 0 Å². The zero-order valence-electron chi connectivity index (χ0n) is 13.8. The number of nitrogen functional groups attached to an aromatic ring is 1. The standard InChI is InChI=1S/C16H21BrN2O5/c1-4-9(2)14(16(22)23-3)19-13(20)8-24-15(21)11-7-10(17)5-6-12(11)18/h5-7,9,14H,4,8,18H2,1-3H3,(H,19,20)/t9-,14+/m1/s1. The molecule has 132 valence electrons. The Kier molecular flexibility index (Phi) is 7.70. The maximum absolute atomic E-state index is 12.0. The topological polar surface area (TPSA) is 108 Å². The first kappa shape index (κ1) is 20.0. The normalized spacial score (nSPS) is 12.8. The molecular weight excluding hydrogens is 380 g/mol. The molecule has 7 nitrogen and oxygen atoms in total. The zero-order valence-corrected chi connectivity index (χ0v) is 15.4. The number of carbonyl (C=O) groups is 3. The van der Waals surface area contributed by atoms with Crippen LogP contribution in [-0.4, -0.2) is 37.6 Å². The molecule has 1 aromatic carbocycles. The summed E-state index contributed by atoms with van der Waals surface area (Å²) < 4.78 is 10.3. The van der Waals surface area contributed by atoms with E-state index in [1.54, 1.807) is 12.1 Å². The SMILES string of the molecule is CC[C@@H](C)[C@H](NC(=O)COC(=O)c1cc(Br)ccc1N)C(=O)OC. The van der Waals surface area contributed by atoms with E-state index in [2.05, 4.69) is 26.0 Å². The van der Waals surface area contributed by atoms with Crippen LogP contribution in [-0.2, 0) is 19.1 Å². The van der Waals surface area contributed by atoms with Crippen LogP contribution < -0.4 is 11.1 Å². The van der Waals surface area contributed by atoms with Crippen molar-refractivity contribution in [2.24, 2.45) is 5.92 Å². The summed E-state index contributed by atoms with van der Waals surface area (Å²) in [4.78, 5) is 35.7. The van der Waals surface area contributed by atoms with Crippen LogP contribution in [0.1, 0.15) is 30.6 Å². The number of ether oxygens (including phenoxy) is 2. The maximum atomic E-state index is 12.0. The second-order valence-corrected chi connectivity index (χ2v) is 6.18. The van der Waals surface area contributed by atoms with Crippen molar-refractivity contribution >= 4 is 39.5 Å². The molecule has 0 bridgehead atoms. The first-order chi connectivity index (χ1) is 11.3. The molecule has 0 aliphatic heterocycles. The number of halogens is 1. The van der Waals surface area contributed by atoms with E-state index in [-0.39, 0.29) is 17.2 Å². The van der Waals surface area contributed by atoms with E-state index in [1.165, 1.54) is 13.2 Å². The summed E-state index contributed by atoms with van der Waals surface area (Å²) in [6.07, 6.45) is 0.675. The summed E-state index contributed by atoms with van der Waals surface area (Å²) in [5, 5.41) is 2.52. The van der Waals surface area contributed by atoms with E-state index in [9.17, 15) is 14.4 Å². The van der Waals surface area contributed by atoms with Gasteiger partial charge in [-0.25, -0.2) is 9.59 Å². The number of esters is 2. The average molecular weight is 401 g/mol. The van der Waals surface area contributed by atoms with Gasteiger partial charge in [0.2, 0.25) is 0 Å². The second-order valence-electron chi connectivity index (χ2n) is 5.26. The van der Waals surface area contributed by atoms with E-state index in [1.807, 2.05) is 13.8 Å². The summed E-state index contributed by atoms with van der Waals surface area (Å²) in [6.45, 7) is 3.19. The highest BCUT2D eigenvalue weighted by Crippen LogP contribution is 2.19. The molecule has 24 heavy (non-hydrogen) atoms. The number of hydrogen-bond donors (Lipinski definition) is 2. The molecule has 0 heterocycles. The Morgan fingerprint density at radius 3 is 2.58 bits per heavy atom. The van der Waals surface area contributed by atoms with Crippen molar-refractivity contribution in [2.45, 2.75) is 26.3 Å². The smallest absolute Gasteiger partial charge is 0.340 e. The molecule has 3 N–H and O–H groups in total. The highest BCUT2D eigenvalue weighted by atomic mass is 79.9. The lowest BCUT2D eigenvalue weighted by atomic mass is 9.99. The van der Waals surface area contributed by atoms with Gasteiger partial charge in [0, 0.05) is 10.2 Å². The lowest BCUT2D eigenvalue weighted by molar-refractivity contribution is -0.147. The third-order valence-electron chi connectivity index (χ3n) is 3.55. The lowest BCUT2D eigenvalue weighted by Crippen LogP contribution is -2.47. The minimum atomic E-state index is -0.790. The van der Waals surface area contributed by atoms with Crippen LogP contribution in [0.5, 0.6) is 0 Å². The monoisotopic (exact) mass is 400 g/mol. The van der Waals surface area contributed by atoms with Gasteiger partial charge in [-0.15, -0.1) is 0 Å². The molecule has 8 heteroatoms. The summed E-state index contributed by atoms with van der Waals surface area (Å²) in [5.41, 5.74) is 6.11. The highest BCUT2D eigenvalue weighted by Gasteiger charge is 2.27. The molecule has 1 rings (SSSR count). The Bertz CT molecular complexity index is 620. The van der Waals surface area contributed by atoms with Crippen molar-refractivity contribution in [1.82, 2.24) is 5.32 Å². The molecule has 0 aliphatic rings. The predicted octanol–water partition coefficient (Wildman–Crippen LogP) is 1.89. The molecule has 0 aliphatic carbocycles. The predicted molar refractivity (Wildman–Crippen MR) is 92.2 cm³/mol. The molecular formula is C16H21BrN2O5. The summed E-state index contributed by atoms with van der Waals surface area (Å²) in [7, 11) is 1.25. The van der Waals surface area contributed by atoms with Crippen LogP contribution in [0.15, 0.2) is 22.7 Å².